The molecule has 3 rings (SSSR count). The molecule has 0 N–H and O–H groups in total. The van der Waals surface area contributed by atoms with Crippen molar-refractivity contribution in [3.05, 3.63) is 23.8 Å². The highest BCUT2D eigenvalue weighted by atomic mass is 16.7. The van der Waals surface area contributed by atoms with E-state index in [-0.39, 0.29) is 17.9 Å². The normalized spacial score (nSPS) is 23.2. The number of benzene rings is 1. The molecule has 5 heteroatoms. The van der Waals surface area contributed by atoms with Gasteiger partial charge < -0.3 is 19.1 Å². The van der Waals surface area contributed by atoms with Gasteiger partial charge in [-0.15, -0.1) is 0 Å². The predicted octanol–water partition coefficient (Wildman–Crippen LogP) is 3.86. The fourth-order valence-corrected chi connectivity index (χ4v) is 4.02. The van der Waals surface area contributed by atoms with E-state index < -0.39 is 6.29 Å². The van der Waals surface area contributed by atoms with Gasteiger partial charge in [-0.05, 0) is 63.3 Å². The molecule has 2 heterocycles. The van der Waals surface area contributed by atoms with Gasteiger partial charge in [0.15, 0.2) is 6.29 Å². The Bertz CT molecular complexity index is 622. The topological polar surface area (TPSA) is 48.0 Å². The van der Waals surface area contributed by atoms with Crippen LogP contribution in [0.25, 0.3) is 0 Å². The first kappa shape index (κ1) is 18.2. The van der Waals surface area contributed by atoms with Crippen LogP contribution in [0.5, 0.6) is 5.75 Å². The lowest BCUT2D eigenvalue weighted by Gasteiger charge is -2.46. The number of nitrogens with zero attached hydrogens (tertiary/aromatic N) is 1. The van der Waals surface area contributed by atoms with Crippen LogP contribution in [-0.2, 0) is 14.3 Å². The monoisotopic (exact) mass is 347 g/mol. The number of carbonyl (C=O) groups is 1. The fourth-order valence-electron chi connectivity index (χ4n) is 4.02. The van der Waals surface area contributed by atoms with Crippen molar-refractivity contribution in [1.82, 2.24) is 0 Å². The SMILES string of the molecule is CCOc1ccc2c(c1)[C@@H](C)CC(C)(C)N2C(=O)CC1OCCCO1. The maximum Gasteiger partial charge on any atom is 0.232 e. The first-order chi connectivity index (χ1) is 11.9. The zero-order chi connectivity index (χ0) is 18.0. The molecule has 0 aromatic heterocycles. The molecule has 1 amide bonds. The largest absolute Gasteiger partial charge is 0.494 e. The molecule has 25 heavy (non-hydrogen) atoms. The van der Waals surface area contributed by atoms with Gasteiger partial charge in [-0.2, -0.15) is 0 Å². The third kappa shape index (κ3) is 3.82. The standard InChI is InChI=1S/C20H29NO4/c1-5-23-15-7-8-17-16(11-15)14(2)13-20(3,4)21(17)18(22)12-19-24-9-6-10-25-19/h7-8,11,14,19H,5-6,9-10,12-13H2,1-4H3/t14-/m0/s1. The van der Waals surface area contributed by atoms with Crippen LogP contribution in [0.3, 0.4) is 0 Å². The Hall–Kier alpha value is -1.59. The predicted molar refractivity (Wildman–Crippen MR) is 97.1 cm³/mol. The number of hydrogen-bond acceptors (Lipinski definition) is 4. The third-order valence-electron chi connectivity index (χ3n) is 4.98. The van der Waals surface area contributed by atoms with Crippen LogP contribution in [0.2, 0.25) is 0 Å². The van der Waals surface area contributed by atoms with Gasteiger partial charge in [-0.1, -0.05) is 6.92 Å². The van der Waals surface area contributed by atoms with Crippen LogP contribution >= 0.6 is 0 Å². The number of ether oxygens (including phenoxy) is 3. The van der Waals surface area contributed by atoms with Crippen LogP contribution in [0, 0.1) is 0 Å². The van der Waals surface area contributed by atoms with E-state index in [9.17, 15) is 4.79 Å². The molecule has 0 aliphatic carbocycles. The second-order valence-electron chi connectivity index (χ2n) is 7.53. The maximum atomic E-state index is 13.1. The minimum atomic E-state index is -0.428. The van der Waals surface area contributed by atoms with E-state index in [4.69, 9.17) is 14.2 Å². The number of rotatable bonds is 4. The third-order valence-corrected chi connectivity index (χ3v) is 4.98. The Morgan fingerprint density at radius 3 is 2.72 bits per heavy atom. The number of hydrogen-bond donors (Lipinski definition) is 0. The highest BCUT2D eigenvalue weighted by Gasteiger charge is 2.40. The van der Waals surface area contributed by atoms with Gasteiger partial charge in [-0.25, -0.2) is 0 Å². The average molecular weight is 347 g/mol. The Kier molecular flexibility index (Phi) is 5.35. The number of carbonyl (C=O) groups excluding carboxylic acids is 1. The van der Waals surface area contributed by atoms with Crippen LogP contribution in [-0.4, -0.2) is 37.6 Å². The van der Waals surface area contributed by atoms with Crippen molar-refractivity contribution in [2.24, 2.45) is 0 Å². The Balaban J connectivity index is 1.88. The second kappa shape index (κ2) is 7.34. The van der Waals surface area contributed by atoms with Crippen molar-refractivity contribution < 1.29 is 19.0 Å². The summed E-state index contributed by atoms with van der Waals surface area (Å²) in [7, 11) is 0. The van der Waals surface area contributed by atoms with Crippen LogP contribution in [0.15, 0.2) is 18.2 Å². The minimum Gasteiger partial charge on any atom is -0.494 e. The van der Waals surface area contributed by atoms with Gasteiger partial charge in [0, 0.05) is 11.2 Å². The molecular formula is C20H29NO4. The molecule has 1 saturated heterocycles. The molecule has 138 valence electrons. The average Bonchev–Trinajstić information content (AvgIpc) is 2.56. The summed E-state index contributed by atoms with van der Waals surface area (Å²) in [6.07, 6.45) is 1.63. The molecule has 0 bridgehead atoms. The molecule has 2 aliphatic heterocycles. The van der Waals surface area contributed by atoms with Crippen LogP contribution < -0.4 is 9.64 Å². The summed E-state index contributed by atoms with van der Waals surface area (Å²) in [5, 5.41) is 0. The van der Waals surface area contributed by atoms with Gasteiger partial charge in [-0.3, -0.25) is 4.79 Å². The zero-order valence-corrected chi connectivity index (χ0v) is 15.7. The molecule has 0 saturated carbocycles. The van der Waals surface area contributed by atoms with Crippen molar-refractivity contribution in [3.8, 4) is 5.75 Å². The molecule has 2 aliphatic rings. The molecule has 1 aromatic carbocycles. The van der Waals surface area contributed by atoms with E-state index in [1.54, 1.807) is 0 Å². The summed E-state index contributed by atoms with van der Waals surface area (Å²) in [5.41, 5.74) is 1.91. The maximum absolute atomic E-state index is 13.1. The van der Waals surface area contributed by atoms with Crippen molar-refractivity contribution >= 4 is 11.6 Å². The summed E-state index contributed by atoms with van der Waals surface area (Å²) in [6.45, 7) is 10.4. The highest BCUT2D eigenvalue weighted by Crippen LogP contribution is 2.45. The quantitative estimate of drug-likeness (QED) is 0.830. The summed E-state index contributed by atoms with van der Waals surface area (Å²) >= 11 is 0. The number of anilines is 1. The van der Waals surface area contributed by atoms with Crippen molar-refractivity contribution in [3.63, 3.8) is 0 Å². The summed E-state index contributed by atoms with van der Waals surface area (Å²) in [5.74, 6) is 1.28. The smallest absolute Gasteiger partial charge is 0.232 e. The van der Waals surface area contributed by atoms with Crippen molar-refractivity contribution in [1.29, 1.82) is 0 Å². The van der Waals surface area contributed by atoms with E-state index in [0.29, 0.717) is 25.7 Å². The molecule has 5 nitrogen and oxygen atoms in total. The van der Waals surface area contributed by atoms with Gasteiger partial charge in [0.25, 0.3) is 0 Å². The van der Waals surface area contributed by atoms with Gasteiger partial charge >= 0.3 is 0 Å². The zero-order valence-electron chi connectivity index (χ0n) is 15.7. The lowest BCUT2D eigenvalue weighted by Crippen LogP contribution is -2.52. The van der Waals surface area contributed by atoms with Gasteiger partial charge in [0.2, 0.25) is 5.91 Å². The van der Waals surface area contributed by atoms with Crippen LogP contribution in [0.1, 0.15) is 58.4 Å². The highest BCUT2D eigenvalue weighted by molar-refractivity contribution is 5.96. The summed E-state index contributed by atoms with van der Waals surface area (Å²) < 4.78 is 16.8. The molecule has 1 aromatic rings. The fraction of sp³-hybridized carbons (Fsp3) is 0.650. The minimum absolute atomic E-state index is 0.0502. The second-order valence-corrected chi connectivity index (χ2v) is 7.53. The molecule has 1 fully saturated rings. The van der Waals surface area contributed by atoms with Gasteiger partial charge in [0.05, 0.1) is 26.2 Å². The first-order valence-electron chi connectivity index (χ1n) is 9.25. The molecule has 0 spiro atoms. The van der Waals surface area contributed by atoms with E-state index in [1.165, 1.54) is 5.56 Å². The summed E-state index contributed by atoms with van der Waals surface area (Å²) in [4.78, 5) is 15.0. The lowest BCUT2D eigenvalue weighted by atomic mass is 9.79. The van der Waals surface area contributed by atoms with E-state index >= 15 is 0 Å². The van der Waals surface area contributed by atoms with Crippen LogP contribution in [0.4, 0.5) is 5.69 Å². The van der Waals surface area contributed by atoms with E-state index in [2.05, 4.69) is 26.8 Å². The molecule has 0 radical (unpaired) electrons. The Labute approximate surface area is 150 Å². The molecule has 0 unspecified atom stereocenters. The number of amides is 1. The van der Waals surface area contributed by atoms with E-state index in [1.807, 2.05) is 24.0 Å². The van der Waals surface area contributed by atoms with Gasteiger partial charge in [0.1, 0.15) is 5.75 Å². The van der Waals surface area contributed by atoms with Crippen molar-refractivity contribution in [2.45, 2.75) is 64.7 Å². The first-order valence-corrected chi connectivity index (χ1v) is 9.25. The lowest BCUT2D eigenvalue weighted by molar-refractivity contribution is -0.183. The Morgan fingerprint density at radius 2 is 2.04 bits per heavy atom. The van der Waals surface area contributed by atoms with Crippen molar-refractivity contribution in [2.75, 3.05) is 24.7 Å². The molecular weight excluding hydrogens is 318 g/mol. The number of fused-ring (bicyclic) bond motifs is 1. The van der Waals surface area contributed by atoms with E-state index in [0.717, 1.165) is 24.3 Å². The summed E-state index contributed by atoms with van der Waals surface area (Å²) in [6, 6.07) is 6.04. The molecule has 1 atom stereocenters. The Morgan fingerprint density at radius 1 is 1.32 bits per heavy atom.